The van der Waals surface area contributed by atoms with E-state index < -0.39 is 0 Å². The van der Waals surface area contributed by atoms with E-state index in [9.17, 15) is 0 Å². The predicted molar refractivity (Wildman–Crippen MR) is 92.0 cm³/mol. The van der Waals surface area contributed by atoms with Crippen LogP contribution in [0, 0.1) is 0 Å². The molecule has 0 bridgehead atoms. The van der Waals surface area contributed by atoms with Gasteiger partial charge in [0.1, 0.15) is 11.3 Å². The molecule has 3 nitrogen and oxygen atoms in total. The maximum Gasteiger partial charge on any atom is 0.148 e. The first-order chi connectivity index (χ1) is 10.3. The molecule has 0 radical (unpaired) electrons. The molecule has 3 N–H and O–H groups in total. The monoisotopic (exact) mass is 352 g/mol. The van der Waals surface area contributed by atoms with Crippen molar-refractivity contribution in [2.24, 2.45) is 5.84 Å². The van der Waals surface area contributed by atoms with Gasteiger partial charge in [-0.3, -0.25) is 5.84 Å². The van der Waals surface area contributed by atoms with E-state index in [1.807, 2.05) is 12.1 Å². The lowest BCUT2D eigenvalue weighted by molar-refractivity contribution is 0.401. The number of nitrogens with one attached hydrogen (secondary N) is 1. The van der Waals surface area contributed by atoms with Crippen LogP contribution < -0.4 is 11.3 Å². The molecular weight excluding hydrogens is 328 g/mol. The number of unbranched alkanes of at least 4 members (excludes halogenated alkanes) is 5. The Hall–Kier alpha value is -0.840. The summed E-state index contributed by atoms with van der Waals surface area (Å²) in [6.07, 6.45) is 8.75. The van der Waals surface area contributed by atoms with Crippen molar-refractivity contribution in [3.63, 3.8) is 0 Å². The standard InChI is InChI=1S/C17H25BrN2O/c1-2-3-4-5-6-7-11-15(20-19)16-12-13-9-8-10-14(18)17(13)21-16/h8-10,12,15,20H,2-7,11,19H2,1H3. The first kappa shape index (κ1) is 16.5. The average Bonchev–Trinajstić information content (AvgIpc) is 2.92. The van der Waals surface area contributed by atoms with Gasteiger partial charge in [-0.2, -0.15) is 0 Å². The van der Waals surface area contributed by atoms with Crippen molar-refractivity contribution in [1.29, 1.82) is 0 Å². The van der Waals surface area contributed by atoms with Gasteiger partial charge in [0.15, 0.2) is 0 Å². The third-order valence-electron chi connectivity index (χ3n) is 3.91. The summed E-state index contributed by atoms with van der Waals surface area (Å²) in [4.78, 5) is 0. The number of para-hydroxylation sites is 1. The second-order valence-electron chi connectivity index (χ2n) is 5.58. The Morgan fingerprint density at radius 1 is 1.19 bits per heavy atom. The SMILES string of the molecule is CCCCCCCCC(NN)c1cc2cccc(Br)c2o1. The molecular formula is C17H25BrN2O. The van der Waals surface area contributed by atoms with Crippen LogP contribution in [-0.4, -0.2) is 0 Å². The highest BCUT2D eigenvalue weighted by atomic mass is 79.9. The van der Waals surface area contributed by atoms with E-state index in [2.05, 4.69) is 40.4 Å². The van der Waals surface area contributed by atoms with Crippen molar-refractivity contribution in [3.8, 4) is 0 Å². The average molecular weight is 353 g/mol. The van der Waals surface area contributed by atoms with E-state index in [4.69, 9.17) is 10.3 Å². The van der Waals surface area contributed by atoms with Crippen LogP contribution in [0.5, 0.6) is 0 Å². The molecule has 2 rings (SSSR count). The van der Waals surface area contributed by atoms with Gasteiger partial charge in [-0.1, -0.05) is 57.6 Å². The van der Waals surface area contributed by atoms with Gasteiger partial charge in [0.2, 0.25) is 0 Å². The Morgan fingerprint density at radius 2 is 1.95 bits per heavy atom. The lowest BCUT2D eigenvalue weighted by Gasteiger charge is -2.12. The largest absolute Gasteiger partial charge is 0.458 e. The van der Waals surface area contributed by atoms with Gasteiger partial charge in [0.25, 0.3) is 0 Å². The lowest BCUT2D eigenvalue weighted by Crippen LogP contribution is -2.27. The summed E-state index contributed by atoms with van der Waals surface area (Å²) in [5.41, 5.74) is 3.79. The Morgan fingerprint density at radius 3 is 2.67 bits per heavy atom. The summed E-state index contributed by atoms with van der Waals surface area (Å²) >= 11 is 3.52. The molecule has 1 atom stereocenters. The fraction of sp³-hybridized carbons (Fsp3) is 0.529. The van der Waals surface area contributed by atoms with E-state index >= 15 is 0 Å². The van der Waals surface area contributed by atoms with Gasteiger partial charge >= 0.3 is 0 Å². The Kier molecular flexibility index (Phi) is 6.74. The fourth-order valence-electron chi connectivity index (χ4n) is 2.66. The maximum absolute atomic E-state index is 5.96. The van der Waals surface area contributed by atoms with Crippen molar-refractivity contribution in [1.82, 2.24) is 5.43 Å². The normalized spacial score (nSPS) is 12.9. The van der Waals surface area contributed by atoms with E-state index in [1.165, 1.54) is 38.5 Å². The Balaban J connectivity index is 1.91. The van der Waals surface area contributed by atoms with Crippen molar-refractivity contribution >= 4 is 26.9 Å². The van der Waals surface area contributed by atoms with Crippen molar-refractivity contribution in [2.45, 2.75) is 57.9 Å². The zero-order valence-corrected chi connectivity index (χ0v) is 14.3. The van der Waals surface area contributed by atoms with Crippen LogP contribution in [0.3, 0.4) is 0 Å². The highest BCUT2D eigenvalue weighted by Crippen LogP contribution is 2.31. The molecule has 1 aromatic carbocycles. The van der Waals surface area contributed by atoms with Crippen molar-refractivity contribution in [3.05, 3.63) is 34.5 Å². The van der Waals surface area contributed by atoms with Gasteiger partial charge < -0.3 is 4.42 Å². The van der Waals surface area contributed by atoms with Crippen LogP contribution in [0.1, 0.15) is 63.7 Å². The third kappa shape index (κ3) is 4.56. The maximum atomic E-state index is 5.96. The van der Waals surface area contributed by atoms with E-state index in [0.29, 0.717) is 0 Å². The molecule has 21 heavy (non-hydrogen) atoms. The number of nitrogens with two attached hydrogens (primary N) is 1. The summed E-state index contributed by atoms with van der Waals surface area (Å²) in [5.74, 6) is 6.63. The second-order valence-corrected chi connectivity index (χ2v) is 6.44. The molecule has 0 aliphatic carbocycles. The molecule has 1 heterocycles. The summed E-state index contributed by atoms with van der Waals surface area (Å²) < 4.78 is 6.95. The number of rotatable bonds is 9. The molecule has 0 saturated carbocycles. The second kappa shape index (κ2) is 8.57. The minimum absolute atomic E-state index is 0.0930. The van der Waals surface area contributed by atoms with Gasteiger partial charge in [-0.05, 0) is 34.5 Å². The number of benzene rings is 1. The summed E-state index contributed by atoms with van der Waals surface area (Å²) in [6.45, 7) is 2.24. The number of hydrogen-bond donors (Lipinski definition) is 2. The summed E-state index contributed by atoms with van der Waals surface area (Å²) in [5, 5.41) is 1.11. The topological polar surface area (TPSA) is 51.2 Å². The van der Waals surface area contributed by atoms with Crippen LogP contribution in [0.2, 0.25) is 0 Å². The fourth-order valence-corrected chi connectivity index (χ4v) is 3.12. The smallest absolute Gasteiger partial charge is 0.148 e. The molecule has 4 heteroatoms. The molecule has 1 unspecified atom stereocenters. The summed E-state index contributed by atoms with van der Waals surface area (Å²) in [7, 11) is 0. The van der Waals surface area contributed by atoms with Gasteiger partial charge in [0, 0.05) is 5.39 Å². The van der Waals surface area contributed by atoms with Gasteiger partial charge in [0.05, 0.1) is 10.5 Å². The quantitative estimate of drug-likeness (QED) is 0.358. The van der Waals surface area contributed by atoms with Gasteiger partial charge in [-0.25, -0.2) is 5.43 Å². The first-order valence-electron chi connectivity index (χ1n) is 7.90. The predicted octanol–water partition coefficient (Wildman–Crippen LogP) is 5.45. The van der Waals surface area contributed by atoms with Crippen LogP contribution >= 0.6 is 15.9 Å². The molecule has 2 aromatic rings. The van der Waals surface area contributed by atoms with E-state index in [1.54, 1.807) is 0 Å². The van der Waals surface area contributed by atoms with E-state index in [-0.39, 0.29) is 6.04 Å². The zero-order valence-electron chi connectivity index (χ0n) is 12.7. The molecule has 0 aliphatic rings. The molecule has 0 aliphatic heterocycles. The third-order valence-corrected chi connectivity index (χ3v) is 4.53. The van der Waals surface area contributed by atoms with Crippen LogP contribution in [-0.2, 0) is 0 Å². The minimum atomic E-state index is 0.0930. The molecule has 0 spiro atoms. The number of halogens is 1. The number of furan rings is 1. The van der Waals surface area contributed by atoms with Crippen molar-refractivity contribution < 1.29 is 4.42 Å². The van der Waals surface area contributed by atoms with Crippen LogP contribution in [0.25, 0.3) is 11.0 Å². The van der Waals surface area contributed by atoms with E-state index in [0.717, 1.165) is 27.6 Å². The van der Waals surface area contributed by atoms with Gasteiger partial charge in [-0.15, -0.1) is 0 Å². The molecule has 1 aromatic heterocycles. The molecule has 0 fully saturated rings. The number of fused-ring (bicyclic) bond motifs is 1. The molecule has 0 amide bonds. The number of hydrogen-bond acceptors (Lipinski definition) is 3. The first-order valence-corrected chi connectivity index (χ1v) is 8.69. The van der Waals surface area contributed by atoms with Crippen molar-refractivity contribution in [2.75, 3.05) is 0 Å². The summed E-state index contributed by atoms with van der Waals surface area (Å²) in [6, 6.07) is 8.25. The Bertz CT molecular complexity index is 553. The minimum Gasteiger partial charge on any atom is -0.458 e. The zero-order chi connectivity index (χ0) is 15.1. The highest BCUT2D eigenvalue weighted by Gasteiger charge is 2.15. The molecule has 116 valence electrons. The number of hydrazine groups is 1. The van der Waals surface area contributed by atoms with Crippen LogP contribution in [0.15, 0.2) is 33.2 Å². The van der Waals surface area contributed by atoms with Crippen LogP contribution in [0.4, 0.5) is 0 Å². The lowest BCUT2D eigenvalue weighted by atomic mass is 10.0. The Labute approximate surface area is 135 Å². The highest BCUT2D eigenvalue weighted by molar-refractivity contribution is 9.10. The molecule has 0 saturated heterocycles.